The predicted octanol–water partition coefficient (Wildman–Crippen LogP) is 3.00. The third-order valence-electron chi connectivity index (χ3n) is 5.90. The van der Waals surface area contributed by atoms with Crippen LogP contribution in [0.1, 0.15) is 29.3 Å². The van der Waals surface area contributed by atoms with Crippen molar-refractivity contribution in [2.24, 2.45) is 0 Å². The summed E-state index contributed by atoms with van der Waals surface area (Å²) in [6.45, 7) is 3.76. The second-order valence-electron chi connectivity index (χ2n) is 7.76. The molecule has 0 radical (unpaired) electrons. The summed E-state index contributed by atoms with van der Waals surface area (Å²) in [4.78, 5) is 40.9. The molecular weight excluding hydrogens is 403 g/mol. The summed E-state index contributed by atoms with van der Waals surface area (Å²) < 4.78 is 14.5. The average Bonchev–Trinajstić information content (AvgIpc) is 2.78. The van der Waals surface area contributed by atoms with Crippen LogP contribution in [0.2, 0.25) is 0 Å². The molecule has 1 saturated heterocycles. The number of piperazine rings is 1. The molecule has 0 aliphatic carbocycles. The molecule has 162 valence electrons. The van der Waals surface area contributed by atoms with Crippen LogP contribution in [-0.4, -0.2) is 54.4 Å². The lowest BCUT2D eigenvalue weighted by Gasteiger charge is -2.35. The first-order chi connectivity index (χ1) is 14.9. The molecule has 0 aromatic heterocycles. The number of nitro groups is 1. The third kappa shape index (κ3) is 3.95. The molecule has 0 bridgehead atoms. The number of nitrogens with zero attached hydrogens (tertiary/aromatic N) is 4. The van der Waals surface area contributed by atoms with Gasteiger partial charge in [-0.2, -0.15) is 0 Å². The van der Waals surface area contributed by atoms with Crippen LogP contribution in [-0.2, 0) is 11.2 Å². The summed E-state index contributed by atoms with van der Waals surface area (Å²) in [6.07, 6.45) is 1.38. The average molecular weight is 426 g/mol. The molecule has 0 unspecified atom stereocenters. The van der Waals surface area contributed by atoms with Crippen molar-refractivity contribution < 1.29 is 18.9 Å². The Labute approximate surface area is 179 Å². The number of benzene rings is 2. The summed E-state index contributed by atoms with van der Waals surface area (Å²) in [7, 11) is 0. The van der Waals surface area contributed by atoms with E-state index in [0.29, 0.717) is 51.3 Å². The number of carbonyl (C=O) groups is 2. The molecule has 2 aliphatic heterocycles. The number of aryl methyl sites for hydroxylation is 1. The highest BCUT2D eigenvalue weighted by Gasteiger charge is 2.30. The molecule has 4 rings (SSSR count). The van der Waals surface area contributed by atoms with Crippen molar-refractivity contribution in [2.45, 2.75) is 19.8 Å². The minimum absolute atomic E-state index is 0.0239. The van der Waals surface area contributed by atoms with E-state index in [2.05, 4.69) is 0 Å². The van der Waals surface area contributed by atoms with Crippen molar-refractivity contribution in [3.8, 4) is 0 Å². The number of anilines is 2. The summed E-state index contributed by atoms with van der Waals surface area (Å²) >= 11 is 0. The zero-order chi connectivity index (χ0) is 22.1. The molecular formula is C22H23FN4O4. The van der Waals surface area contributed by atoms with E-state index in [1.807, 2.05) is 4.90 Å². The van der Waals surface area contributed by atoms with E-state index in [4.69, 9.17) is 0 Å². The zero-order valence-electron chi connectivity index (χ0n) is 17.2. The van der Waals surface area contributed by atoms with Gasteiger partial charge in [0, 0.05) is 51.3 Å². The highest BCUT2D eigenvalue weighted by Crippen LogP contribution is 2.34. The van der Waals surface area contributed by atoms with E-state index < -0.39 is 16.6 Å². The Balaban J connectivity index is 1.63. The molecule has 0 N–H and O–H groups in total. The Morgan fingerprint density at radius 1 is 1.06 bits per heavy atom. The molecule has 9 heteroatoms. The minimum atomic E-state index is -0.506. The quantitative estimate of drug-likeness (QED) is 0.556. The van der Waals surface area contributed by atoms with E-state index in [1.54, 1.807) is 29.2 Å². The Morgan fingerprint density at radius 2 is 1.81 bits per heavy atom. The Bertz CT molecular complexity index is 1050. The molecule has 2 amide bonds. The summed E-state index contributed by atoms with van der Waals surface area (Å²) in [5.74, 6) is -0.953. The molecule has 2 aliphatic rings. The molecule has 0 saturated carbocycles. The van der Waals surface area contributed by atoms with Crippen LogP contribution in [0, 0.1) is 15.9 Å². The molecule has 31 heavy (non-hydrogen) atoms. The summed E-state index contributed by atoms with van der Waals surface area (Å²) in [5, 5.41) is 11.8. The Morgan fingerprint density at radius 3 is 2.48 bits per heavy atom. The van der Waals surface area contributed by atoms with Gasteiger partial charge < -0.3 is 14.7 Å². The minimum Gasteiger partial charge on any atom is -0.362 e. The van der Waals surface area contributed by atoms with Crippen LogP contribution in [0.4, 0.5) is 21.5 Å². The van der Waals surface area contributed by atoms with Crippen molar-refractivity contribution >= 4 is 28.9 Å². The second-order valence-corrected chi connectivity index (χ2v) is 7.76. The van der Waals surface area contributed by atoms with Crippen LogP contribution in [0.5, 0.6) is 0 Å². The van der Waals surface area contributed by atoms with Gasteiger partial charge in [0.05, 0.1) is 10.6 Å². The Hall–Kier alpha value is -3.49. The molecule has 2 heterocycles. The first kappa shape index (κ1) is 20.8. The maximum absolute atomic E-state index is 14.5. The second kappa shape index (κ2) is 8.33. The van der Waals surface area contributed by atoms with Crippen LogP contribution >= 0.6 is 0 Å². The van der Waals surface area contributed by atoms with Gasteiger partial charge in [0.25, 0.3) is 11.6 Å². The standard InChI is InChI=1S/C22H23FN4O4/c1-15(28)24-10-12-25(13-11-24)19-8-7-17(14-20(19)27(30)31)22(29)26-9-3-5-16-4-2-6-18(23)21(16)26/h2,4,6-8,14H,3,5,9-13H2,1H3. The molecule has 8 nitrogen and oxygen atoms in total. The lowest BCUT2D eigenvalue weighted by Crippen LogP contribution is -2.48. The van der Waals surface area contributed by atoms with Gasteiger partial charge in [-0.3, -0.25) is 19.7 Å². The maximum Gasteiger partial charge on any atom is 0.293 e. The van der Waals surface area contributed by atoms with Crippen LogP contribution in [0.3, 0.4) is 0 Å². The topological polar surface area (TPSA) is 87.0 Å². The molecule has 2 aromatic rings. The molecule has 2 aromatic carbocycles. The highest BCUT2D eigenvalue weighted by atomic mass is 19.1. The van der Waals surface area contributed by atoms with Gasteiger partial charge >= 0.3 is 0 Å². The smallest absolute Gasteiger partial charge is 0.293 e. The summed E-state index contributed by atoms with van der Waals surface area (Å²) in [6, 6.07) is 9.12. The fraction of sp³-hybridized carbons (Fsp3) is 0.364. The third-order valence-corrected chi connectivity index (χ3v) is 5.90. The summed E-state index contributed by atoms with van der Waals surface area (Å²) in [5.41, 5.74) is 1.40. The number of para-hydroxylation sites is 1. The maximum atomic E-state index is 14.5. The zero-order valence-corrected chi connectivity index (χ0v) is 17.2. The van der Waals surface area contributed by atoms with Gasteiger partial charge in [-0.1, -0.05) is 12.1 Å². The lowest BCUT2D eigenvalue weighted by molar-refractivity contribution is -0.384. The van der Waals surface area contributed by atoms with E-state index in [-0.39, 0.29) is 22.8 Å². The van der Waals surface area contributed by atoms with Crippen molar-refractivity contribution in [3.05, 3.63) is 63.5 Å². The first-order valence-electron chi connectivity index (χ1n) is 10.2. The van der Waals surface area contributed by atoms with Crippen molar-refractivity contribution in [2.75, 3.05) is 42.5 Å². The van der Waals surface area contributed by atoms with Crippen LogP contribution < -0.4 is 9.80 Å². The first-order valence-corrected chi connectivity index (χ1v) is 10.2. The Kier molecular flexibility index (Phi) is 5.58. The fourth-order valence-electron chi connectivity index (χ4n) is 4.29. The van der Waals surface area contributed by atoms with Gasteiger partial charge in [0.1, 0.15) is 11.5 Å². The number of hydrogen-bond acceptors (Lipinski definition) is 5. The number of amides is 2. The molecule has 0 atom stereocenters. The van der Waals surface area contributed by atoms with Crippen molar-refractivity contribution in [1.29, 1.82) is 0 Å². The van der Waals surface area contributed by atoms with E-state index in [0.717, 1.165) is 5.56 Å². The SMILES string of the molecule is CC(=O)N1CCN(c2ccc(C(=O)N3CCCc4cccc(F)c43)cc2[N+](=O)[O-])CC1. The van der Waals surface area contributed by atoms with Crippen molar-refractivity contribution in [1.82, 2.24) is 4.90 Å². The van der Waals surface area contributed by atoms with Gasteiger partial charge in [0.15, 0.2) is 0 Å². The van der Waals surface area contributed by atoms with Gasteiger partial charge in [-0.25, -0.2) is 4.39 Å². The van der Waals surface area contributed by atoms with E-state index in [9.17, 15) is 24.1 Å². The number of rotatable bonds is 3. The highest BCUT2D eigenvalue weighted by molar-refractivity contribution is 6.07. The molecule has 0 spiro atoms. The number of nitro benzene ring substituents is 1. The van der Waals surface area contributed by atoms with E-state index in [1.165, 1.54) is 24.0 Å². The molecule has 1 fully saturated rings. The van der Waals surface area contributed by atoms with E-state index >= 15 is 0 Å². The number of fused-ring (bicyclic) bond motifs is 1. The van der Waals surface area contributed by atoms with Gasteiger partial charge in [-0.05, 0) is 36.6 Å². The number of hydrogen-bond donors (Lipinski definition) is 0. The van der Waals surface area contributed by atoms with Crippen molar-refractivity contribution in [3.63, 3.8) is 0 Å². The lowest BCUT2D eigenvalue weighted by atomic mass is 10.00. The number of carbonyl (C=O) groups excluding carboxylic acids is 2. The van der Waals surface area contributed by atoms with Crippen LogP contribution in [0.15, 0.2) is 36.4 Å². The van der Waals surface area contributed by atoms with Gasteiger partial charge in [0.2, 0.25) is 5.91 Å². The normalized spacial score (nSPS) is 16.1. The van der Waals surface area contributed by atoms with Crippen LogP contribution in [0.25, 0.3) is 0 Å². The predicted molar refractivity (Wildman–Crippen MR) is 114 cm³/mol. The fourth-order valence-corrected chi connectivity index (χ4v) is 4.29. The van der Waals surface area contributed by atoms with Gasteiger partial charge in [-0.15, -0.1) is 0 Å². The number of halogens is 1. The monoisotopic (exact) mass is 426 g/mol. The largest absolute Gasteiger partial charge is 0.362 e.